The van der Waals surface area contributed by atoms with Crippen LogP contribution >= 0.6 is 0 Å². The van der Waals surface area contributed by atoms with Gasteiger partial charge in [0.2, 0.25) is 0 Å². The summed E-state index contributed by atoms with van der Waals surface area (Å²) in [5.74, 6) is 0.663. The summed E-state index contributed by atoms with van der Waals surface area (Å²) in [6.45, 7) is 16.0. The van der Waals surface area contributed by atoms with Crippen LogP contribution in [-0.4, -0.2) is 11.7 Å². The first-order valence-electron chi connectivity index (χ1n) is 7.62. The molecule has 0 spiro atoms. The summed E-state index contributed by atoms with van der Waals surface area (Å²) >= 11 is 0. The van der Waals surface area contributed by atoms with Gasteiger partial charge in [0.1, 0.15) is 0 Å². The van der Waals surface area contributed by atoms with Crippen LogP contribution in [0.5, 0.6) is 0 Å². The number of rotatable bonds is 5. The van der Waals surface area contributed by atoms with E-state index in [4.69, 9.17) is 4.74 Å². The molecule has 0 radical (unpaired) electrons. The van der Waals surface area contributed by atoms with E-state index in [1.165, 1.54) is 24.8 Å². The lowest BCUT2D eigenvalue weighted by Gasteiger charge is -2.53. The van der Waals surface area contributed by atoms with Crippen molar-refractivity contribution in [1.82, 2.24) is 0 Å². The Morgan fingerprint density at radius 1 is 1.28 bits per heavy atom. The molecule has 0 aromatic carbocycles. The first-order chi connectivity index (χ1) is 8.27. The Hall–Kier alpha value is -0.300. The molecule has 0 aromatic rings. The van der Waals surface area contributed by atoms with Gasteiger partial charge in [-0.05, 0) is 57.9 Å². The lowest BCUT2D eigenvalue weighted by atomic mass is 9.60. The van der Waals surface area contributed by atoms with Crippen molar-refractivity contribution in [2.45, 2.75) is 85.9 Å². The molecule has 0 fully saturated rings. The molecule has 1 rings (SSSR count). The highest BCUT2D eigenvalue weighted by molar-refractivity contribution is 5.24. The largest absolute Gasteiger partial charge is 0.367 e. The van der Waals surface area contributed by atoms with Gasteiger partial charge < -0.3 is 4.74 Å². The number of allylic oxidation sites excluding steroid dienone is 1. The Balaban J connectivity index is 3.23. The van der Waals surface area contributed by atoms with Crippen molar-refractivity contribution in [2.24, 2.45) is 11.3 Å². The zero-order valence-corrected chi connectivity index (χ0v) is 13.5. The van der Waals surface area contributed by atoms with E-state index in [0.717, 1.165) is 6.42 Å². The van der Waals surface area contributed by atoms with Crippen molar-refractivity contribution >= 4 is 0 Å². The summed E-state index contributed by atoms with van der Waals surface area (Å²) in [5.41, 5.74) is 1.68. The molecule has 1 aliphatic carbocycles. The molecule has 106 valence electrons. The second-order valence-corrected chi connectivity index (χ2v) is 6.93. The van der Waals surface area contributed by atoms with Crippen LogP contribution in [0.2, 0.25) is 0 Å². The Labute approximate surface area is 114 Å². The Bertz CT molecular complexity index is 291. The van der Waals surface area contributed by atoms with Crippen molar-refractivity contribution < 1.29 is 4.74 Å². The van der Waals surface area contributed by atoms with E-state index in [1.54, 1.807) is 0 Å². The molecule has 1 heteroatoms. The van der Waals surface area contributed by atoms with E-state index in [1.807, 2.05) is 0 Å². The number of ether oxygens (including phenoxy) is 1. The predicted molar refractivity (Wildman–Crippen MR) is 79.8 cm³/mol. The molecule has 0 N–H and O–H groups in total. The normalized spacial score (nSPS) is 33.1. The van der Waals surface area contributed by atoms with Gasteiger partial charge in [-0.25, -0.2) is 0 Å². The first kappa shape index (κ1) is 15.8. The highest BCUT2D eigenvalue weighted by Gasteiger charge is 2.51. The minimum absolute atomic E-state index is 0.0532. The van der Waals surface area contributed by atoms with E-state index in [9.17, 15) is 0 Å². The van der Waals surface area contributed by atoms with Crippen molar-refractivity contribution in [3.05, 3.63) is 11.6 Å². The maximum atomic E-state index is 6.54. The highest BCUT2D eigenvalue weighted by Crippen LogP contribution is 2.52. The van der Waals surface area contributed by atoms with Gasteiger partial charge in [-0.2, -0.15) is 0 Å². The van der Waals surface area contributed by atoms with Gasteiger partial charge in [0, 0.05) is 5.41 Å². The molecule has 0 aliphatic heterocycles. The minimum Gasteiger partial charge on any atom is -0.367 e. The smallest absolute Gasteiger partial charge is 0.0947 e. The number of hydrogen-bond acceptors (Lipinski definition) is 1. The quantitative estimate of drug-likeness (QED) is 0.599. The van der Waals surface area contributed by atoms with E-state index < -0.39 is 0 Å². The molecule has 0 bridgehead atoms. The summed E-state index contributed by atoms with van der Waals surface area (Å²) < 4.78 is 6.54. The highest BCUT2D eigenvalue weighted by atomic mass is 16.5. The molecular weight excluding hydrogens is 220 g/mol. The van der Waals surface area contributed by atoms with E-state index in [2.05, 4.69) is 54.5 Å². The van der Waals surface area contributed by atoms with Crippen LogP contribution in [0.3, 0.4) is 0 Å². The van der Waals surface area contributed by atoms with Crippen molar-refractivity contribution in [2.75, 3.05) is 0 Å². The van der Waals surface area contributed by atoms with Gasteiger partial charge in [0.05, 0.1) is 11.7 Å². The van der Waals surface area contributed by atoms with Gasteiger partial charge in [-0.3, -0.25) is 0 Å². The molecule has 1 unspecified atom stereocenters. The summed E-state index contributed by atoms with van der Waals surface area (Å²) in [6.07, 6.45) is 7.48. The van der Waals surface area contributed by atoms with Crippen LogP contribution in [0.25, 0.3) is 0 Å². The SMILES string of the molecule is CC[C@]1(C)CCC=C(C)C1(CC(C)C)OC(C)C. The van der Waals surface area contributed by atoms with Gasteiger partial charge >= 0.3 is 0 Å². The van der Waals surface area contributed by atoms with Crippen LogP contribution in [0.4, 0.5) is 0 Å². The van der Waals surface area contributed by atoms with E-state index in [0.29, 0.717) is 5.92 Å². The fraction of sp³-hybridized carbons (Fsp3) is 0.882. The molecule has 0 aromatic heterocycles. The third-order valence-electron chi connectivity index (χ3n) is 4.67. The van der Waals surface area contributed by atoms with Crippen LogP contribution in [-0.2, 0) is 4.74 Å². The van der Waals surface area contributed by atoms with E-state index in [-0.39, 0.29) is 17.1 Å². The molecule has 2 atom stereocenters. The lowest BCUT2D eigenvalue weighted by Crippen LogP contribution is -2.53. The molecule has 0 amide bonds. The second kappa shape index (κ2) is 5.77. The average molecular weight is 252 g/mol. The number of hydrogen-bond donors (Lipinski definition) is 0. The van der Waals surface area contributed by atoms with Crippen molar-refractivity contribution in [3.63, 3.8) is 0 Å². The molecule has 0 heterocycles. The zero-order chi connectivity index (χ0) is 14.0. The zero-order valence-electron chi connectivity index (χ0n) is 13.5. The minimum atomic E-state index is -0.0532. The van der Waals surface area contributed by atoms with Gasteiger partial charge in [-0.1, -0.05) is 33.8 Å². The average Bonchev–Trinajstić information content (AvgIpc) is 2.24. The molecular formula is C17H32O. The molecule has 0 saturated heterocycles. The monoisotopic (exact) mass is 252 g/mol. The Kier molecular flexibility index (Phi) is 5.05. The van der Waals surface area contributed by atoms with Crippen LogP contribution in [0.15, 0.2) is 11.6 Å². The third kappa shape index (κ3) is 2.82. The molecule has 1 nitrogen and oxygen atoms in total. The van der Waals surface area contributed by atoms with Gasteiger partial charge in [-0.15, -0.1) is 0 Å². The van der Waals surface area contributed by atoms with Crippen LogP contribution in [0.1, 0.15) is 74.1 Å². The summed E-state index contributed by atoms with van der Waals surface area (Å²) in [4.78, 5) is 0. The summed E-state index contributed by atoms with van der Waals surface area (Å²) in [7, 11) is 0. The van der Waals surface area contributed by atoms with Crippen molar-refractivity contribution in [3.8, 4) is 0 Å². The molecule has 18 heavy (non-hydrogen) atoms. The van der Waals surface area contributed by atoms with Crippen LogP contribution < -0.4 is 0 Å². The molecule has 1 aliphatic rings. The summed E-state index contributed by atoms with van der Waals surface area (Å²) in [6, 6.07) is 0. The Morgan fingerprint density at radius 2 is 1.89 bits per heavy atom. The molecule has 0 saturated carbocycles. The lowest BCUT2D eigenvalue weighted by molar-refractivity contribution is -0.148. The predicted octanol–water partition coefficient (Wildman–Crippen LogP) is 5.35. The first-order valence-corrected chi connectivity index (χ1v) is 7.62. The fourth-order valence-corrected chi connectivity index (χ4v) is 3.58. The van der Waals surface area contributed by atoms with Gasteiger partial charge in [0.15, 0.2) is 0 Å². The third-order valence-corrected chi connectivity index (χ3v) is 4.67. The standard InChI is InChI=1S/C17H32O/c1-8-16(7)11-9-10-15(6)17(16,12-13(2)3)18-14(4)5/h10,13-14H,8-9,11-12H2,1-7H3/t16-,17?/m1/s1. The van der Waals surface area contributed by atoms with Gasteiger partial charge in [0.25, 0.3) is 0 Å². The van der Waals surface area contributed by atoms with E-state index >= 15 is 0 Å². The second-order valence-electron chi connectivity index (χ2n) is 6.93. The summed E-state index contributed by atoms with van der Waals surface area (Å²) in [5, 5.41) is 0. The maximum absolute atomic E-state index is 6.54. The topological polar surface area (TPSA) is 9.23 Å². The maximum Gasteiger partial charge on any atom is 0.0947 e. The Morgan fingerprint density at radius 3 is 2.33 bits per heavy atom. The van der Waals surface area contributed by atoms with Crippen molar-refractivity contribution in [1.29, 1.82) is 0 Å². The fourth-order valence-electron chi connectivity index (χ4n) is 3.58. The van der Waals surface area contributed by atoms with Crippen LogP contribution in [0, 0.1) is 11.3 Å².